The summed E-state index contributed by atoms with van der Waals surface area (Å²) >= 11 is 1.71. The van der Waals surface area contributed by atoms with Crippen molar-refractivity contribution < 1.29 is 4.79 Å². The van der Waals surface area contributed by atoms with Gasteiger partial charge in [0.1, 0.15) is 0 Å². The molecule has 1 saturated carbocycles. The number of rotatable bonds is 3. The lowest BCUT2D eigenvalue weighted by molar-refractivity contribution is -0.132. The van der Waals surface area contributed by atoms with Crippen molar-refractivity contribution in [3.63, 3.8) is 0 Å². The molecule has 14 heavy (non-hydrogen) atoms. The molecule has 1 aromatic rings. The van der Waals surface area contributed by atoms with E-state index in [1.165, 1.54) is 4.88 Å². The highest BCUT2D eigenvalue weighted by atomic mass is 32.1. The molecule has 0 bridgehead atoms. The van der Waals surface area contributed by atoms with Gasteiger partial charge in [0.2, 0.25) is 5.91 Å². The van der Waals surface area contributed by atoms with Crippen molar-refractivity contribution in [3.05, 3.63) is 22.4 Å². The van der Waals surface area contributed by atoms with Crippen LogP contribution in [0.3, 0.4) is 0 Å². The van der Waals surface area contributed by atoms with Gasteiger partial charge >= 0.3 is 0 Å². The summed E-state index contributed by atoms with van der Waals surface area (Å²) in [4.78, 5) is 14.9. The molecular weight excluding hydrogens is 194 g/mol. The summed E-state index contributed by atoms with van der Waals surface area (Å²) in [6.07, 6.45) is 1.08. The molecule has 2 atom stereocenters. The minimum Gasteiger partial charge on any atom is -0.340 e. The van der Waals surface area contributed by atoms with E-state index in [1.807, 2.05) is 23.4 Å². The zero-order chi connectivity index (χ0) is 10.1. The zero-order valence-electron chi connectivity index (χ0n) is 8.56. The number of carbonyl (C=O) groups is 1. The molecule has 0 radical (unpaired) electrons. The second kappa shape index (κ2) is 3.73. The highest BCUT2D eigenvalue weighted by Crippen LogP contribution is 2.39. The van der Waals surface area contributed by atoms with Crippen LogP contribution < -0.4 is 0 Å². The molecule has 0 N–H and O–H groups in total. The normalized spacial score (nSPS) is 24.7. The Bertz CT molecular complexity index is 320. The number of nitrogens with zero attached hydrogens (tertiary/aromatic N) is 1. The van der Waals surface area contributed by atoms with Gasteiger partial charge in [-0.15, -0.1) is 11.3 Å². The first-order chi connectivity index (χ1) is 6.68. The second-order valence-electron chi connectivity index (χ2n) is 4.09. The zero-order valence-corrected chi connectivity index (χ0v) is 9.38. The molecule has 2 nitrogen and oxygen atoms in total. The monoisotopic (exact) mass is 209 g/mol. The lowest BCUT2D eigenvalue weighted by Crippen LogP contribution is -2.27. The summed E-state index contributed by atoms with van der Waals surface area (Å²) in [7, 11) is 1.90. The lowest BCUT2D eigenvalue weighted by Gasteiger charge is -2.15. The Morgan fingerprint density at radius 2 is 2.43 bits per heavy atom. The van der Waals surface area contributed by atoms with E-state index in [-0.39, 0.29) is 0 Å². The van der Waals surface area contributed by atoms with Gasteiger partial charge in [-0.3, -0.25) is 4.79 Å². The molecule has 1 aliphatic rings. The first-order valence-electron chi connectivity index (χ1n) is 4.96. The van der Waals surface area contributed by atoms with Crippen molar-refractivity contribution in [2.45, 2.75) is 19.9 Å². The van der Waals surface area contributed by atoms with Crippen molar-refractivity contribution in [2.24, 2.45) is 11.8 Å². The molecule has 0 aliphatic heterocycles. The Morgan fingerprint density at radius 1 is 1.71 bits per heavy atom. The maximum absolute atomic E-state index is 11.8. The Labute approximate surface area is 88.5 Å². The molecule has 0 saturated heterocycles. The smallest absolute Gasteiger partial charge is 0.226 e. The molecule has 1 amide bonds. The number of thiophene rings is 1. The maximum Gasteiger partial charge on any atom is 0.226 e. The van der Waals surface area contributed by atoms with Gasteiger partial charge in [0, 0.05) is 17.8 Å². The summed E-state index contributed by atoms with van der Waals surface area (Å²) in [5, 5.41) is 2.05. The van der Waals surface area contributed by atoms with E-state index < -0.39 is 0 Å². The van der Waals surface area contributed by atoms with Gasteiger partial charge in [0.25, 0.3) is 0 Å². The Hall–Kier alpha value is -0.830. The van der Waals surface area contributed by atoms with Crippen molar-refractivity contribution >= 4 is 17.2 Å². The Balaban J connectivity index is 1.89. The van der Waals surface area contributed by atoms with Gasteiger partial charge in [0.05, 0.1) is 6.54 Å². The van der Waals surface area contributed by atoms with E-state index in [0.717, 1.165) is 13.0 Å². The molecule has 76 valence electrons. The molecule has 1 fully saturated rings. The quantitative estimate of drug-likeness (QED) is 0.748. The van der Waals surface area contributed by atoms with Crippen molar-refractivity contribution in [3.8, 4) is 0 Å². The average Bonchev–Trinajstić information content (AvgIpc) is 2.65. The van der Waals surface area contributed by atoms with Crippen LogP contribution in [0.15, 0.2) is 17.5 Å². The van der Waals surface area contributed by atoms with Gasteiger partial charge in [-0.05, 0) is 23.8 Å². The maximum atomic E-state index is 11.8. The van der Waals surface area contributed by atoms with E-state index in [0.29, 0.717) is 17.7 Å². The van der Waals surface area contributed by atoms with Gasteiger partial charge in [-0.1, -0.05) is 13.0 Å². The fourth-order valence-electron chi connectivity index (χ4n) is 1.66. The lowest BCUT2D eigenvalue weighted by atomic mass is 10.3. The Morgan fingerprint density at radius 3 is 2.93 bits per heavy atom. The largest absolute Gasteiger partial charge is 0.340 e. The third-order valence-corrected chi connectivity index (χ3v) is 3.64. The van der Waals surface area contributed by atoms with Crippen LogP contribution in [0.2, 0.25) is 0 Å². The van der Waals surface area contributed by atoms with Crippen molar-refractivity contribution in [1.29, 1.82) is 0 Å². The van der Waals surface area contributed by atoms with E-state index >= 15 is 0 Å². The predicted octanol–water partition coefficient (Wildman–Crippen LogP) is 2.36. The highest BCUT2D eigenvalue weighted by molar-refractivity contribution is 7.09. The molecule has 0 spiro atoms. The van der Waals surface area contributed by atoms with Crippen LogP contribution in [0, 0.1) is 11.8 Å². The average molecular weight is 209 g/mol. The van der Waals surface area contributed by atoms with Crippen LogP contribution in [0.25, 0.3) is 0 Å². The third-order valence-electron chi connectivity index (χ3n) is 2.78. The van der Waals surface area contributed by atoms with Gasteiger partial charge in [-0.2, -0.15) is 0 Å². The molecule has 0 aromatic carbocycles. The van der Waals surface area contributed by atoms with Crippen molar-refractivity contribution in [2.75, 3.05) is 7.05 Å². The first kappa shape index (κ1) is 9.71. The second-order valence-corrected chi connectivity index (χ2v) is 5.13. The molecule has 2 rings (SSSR count). The SMILES string of the molecule is CC1CC1C(=O)N(C)Cc1cccs1. The highest BCUT2D eigenvalue weighted by Gasteiger charge is 2.40. The number of carbonyl (C=O) groups excluding carboxylic acids is 1. The van der Waals surface area contributed by atoms with Gasteiger partial charge < -0.3 is 4.90 Å². The van der Waals surface area contributed by atoms with Gasteiger partial charge in [-0.25, -0.2) is 0 Å². The van der Waals surface area contributed by atoms with E-state index in [2.05, 4.69) is 13.0 Å². The first-order valence-corrected chi connectivity index (χ1v) is 5.84. The van der Waals surface area contributed by atoms with Crippen LogP contribution in [-0.4, -0.2) is 17.9 Å². The standard InChI is InChI=1S/C11H15NOS/c1-8-6-10(8)11(13)12(2)7-9-4-3-5-14-9/h3-5,8,10H,6-7H2,1-2H3. The van der Waals surface area contributed by atoms with E-state index in [1.54, 1.807) is 11.3 Å². The third kappa shape index (κ3) is 1.98. The summed E-state index contributed by atoms with van der Waals surface area (Å²) < 4.78 is 0. The van der Waals surface area contributed by atoms with E-state index in [4.69, 9.17) is 0 Å². The fourth-order valence-corrected chi connectivity index (χ4v) is 2.42. The molecule has 1 aromatic heterocycles. The van der Waals surface area contributed by atoms with Crippen LogP contribution in [0.5, 0.6) is 0 Å². The minimum atomic E-state index is 0.306. The van der Waals surface area contributed by atoms with Gasteiger partial charge in [0.15, 0.2) is 0 Å². The minimum absolute atomic E-state index is 0.306. The summed E-state index contributed by atoms with van der Waals surface area (Å²) in [5.41, 5.74) is 0. The topological polar surface area (TPSA) is 20.3 Å². The molecule has 1 heterocycles. The summed E-state index contributed by atoms with van der Waals surface area (Å²) in [6.45, 7) is 2.90. The van der Waals surface area contributed by atoms with Crippen LogP contribution >= 0.6 is 11.3 Å². The molecule has 2 unspecified atom stereocenters. The summed E-state index contributed by atoms with van der Waals surface area (Å²) in [5.74, 6) is 1.22. The van der Waals surface area contributed by atoms with E-state index in [9.17, 15) is 4.79 Å². The van der Waals surface area contributed by atoms with Crippen molar-refractivity contribution in [1.82, 2.24) is 4.90 Å². The summed E-state index contributed by atoms with van der Waals surface area (Å²) in [6, 6.07) is 4.10. The molecular formula is C11H15NOS. The Kier molecular flexibility index (Phi) is 2.59. The molecule has 3 heteroatoms. The number of amides is 1. The van der Waals surface area contributed by atoms with Crippen LogP contribution in [-0.2, 0) is 11.3 Å². The van der Waals surface area contributed by atoms with Crippen LogP contribution in [0.1, 0.15) is 18.2 Å². The fraction of sp³-hybridized carbons (Fsp3) is 0.545. The molecule has 1 aliphatic carbocycles. The number of hydrogen-bond donors (Lipinski definition) is 0. The number of hydrogen-bond acceptors (Lipinski definition) is 2. The van der Waals surface area contributed by atoms with Crippen LogP contribution in [0.4, 0.5) is 0 Å². The predicted molar refractivity (Wildman–Crippen MR) is 58.1 cm³/mol.